The second kappa shape index (κ2) is 5.77. The van der Waals surface area contributed by atoms with Crippen LogP contribution in [-0.4, -0.2) is 22.4 Å². The first-order chi connectivity index (χ1) is 8.77. The number of benzene rings is 1. The van der Waals surface area contributed by atoms with Crippen molar-refractivity contribution in [1.82, 2.24) is 8.75 Å². The first kappa shape index (κ1) is 12.8. The van der Waals surface area contributed by atoms with Crippen LogP contribution in [0.2, 0.25) is 0 Å². The fourth-order valence-corrected chi connectivity index (χ4v) is 2.12. The lowest BCUT2D eigenvalue weighted by atomic mass is 10.1. The fraction of sp³-hybridized carbons (Fsp3) is 0.333. The Morgan fingerprint density at radius 2 is 2.22 bits per heavy atom. The molecule has 2 aromatic rings. The van der Waals surface area contributed by atoms with Gasteiger partial charge in [0.05, 0.1) is 18.8 Å². The van der Waals surface area contributed by atoms with E-state index in [1.807, 2.05) is 0 Å². The molecule has 1 heterocycles. The monoisotopic (exact) mass is 267 g/mol. The molecule has 0 bridgehead atoms. The van der Waals surface area contributed by atoms with Crippen LogP contribution in [0.25, 0.3) is 11.3 Å². The van der Waals surface area contributed by atoms with Gasteiger partial charge in [-0.2, -0.15) is 8.75 Å². The summed E-state index contributed by atoms with van der Waals surface area (Å²) < 4.78 is 27.4. The number of nitrogens with one attached hydrogen (secondary N) is 1. The normalized spacial score (nSPS) is 10.4. The lowest BCUT2D eigenvalue weighted by Gasteiger charge is -2.07. The van der Waals surface area contributed by atoms with E-state index in [2.05, 4.69) is 21.0 Å². The number of aromatic nitrogens is 2. The third kappa shape index (κ3) is 2.43. The zero-order valence-electron chi connectivity index (χ0n) is 10.2. The SMILES string of the molecule is CCCNc1nsnc1-c1cccc(OC)c1F. The molecule has 0 aliphatic carbocycles. The third-order valence-corrected chi connectivity index (χ3v) is 3.00. The average molecular weight is 267 g/mol. The van der Waals surface area contributed by atoms with Crippen LogP contribution >= 0.6 is 11.7 Å². The molecular weight excluding hydrogens is 253 g/mol. The number of methoxy groups -OCH3 is 1. The summed E-state index contributed by atoms with van der Waals surface area (Å²) in [5.41, 5.74) is 0.937. The molecule has 1 N–H and O–H groups in total. The number of anilines is 1. The molecule has 1 aromatic carbocycles. The van der Waals surface area contributed by atoms with Gasteiger partial charge >= 0.3 is 0 Å². The Bertz CT molecular complexity index is 530. The first-order valence-electron chi connectivity index (χ1n) is 5.67. The topological polar surface area (TPSA) is 47.0 Å². The standard InChI is InChI=1S/C12H14FN3OS/c1-3-7-14-12-11(15-18-16-12)8-5-4-6-9(17-2)10(8)13/h4-6H,3,7H2,1-2H3,(H,14,16). The smallest absolute Gasteiger partial charge is 0.174 e. The van der Waals surface area contributed by atoms with Crippen LogP contribution in [0.1, 0.15) is 13.3 Å². The highest BCUT2D eigenvalue weighted by molar-refractivity contribution is 6.99. The highest BCUT2D eigenvalue weighted by Gasteiger charge is 2.16. The highest BCUT2D eigenvalue weighted by Crippen LogP contribution is 2.32. The predicted molar refractivity (Wildman–Crippen MR) is 70.6 cm³/mol. The minimum atomic E-state index is -0.410. The average Bonchev–Trinajstić information content (AvgIpc) is 2.84. The van der Waals surface area contributed by atoms with Crippen molar-refractivity contribution in [1.29, 1.82) is 0 Å². The van der Waals surface area contributed by atoms with Crippen LogP contribution in [-0.2, 0) is 0 Å². The number of hydrogen-bond donors (Lipinski definition) is 1. The van der Waals surface area contributed by atoms with Crippen LogP contribution in [0, 0.1) is 5.82 Å². The lowest BCUT2D eigenvalue weighted by molar-refractivity contribution is 0.387. The van der Waals surface area contributed by atoms with Gasteiger partial charge in [-0.25, -0.2) is 4.39 Å². The minimum Gasteiger partial charge on any atom is -0.494 e. The molecule has 0 saturated heterocycles. The zero-order valence-corrected chi connectivity index (χ0v) is 11.1. The maximum atomic E-state index is 14.1. The molecule has 0 radical (unpaired) electrons. The van der Waals surface area contributed by atoms with Gasteiger partial charge in [0.1, 0.15) is 5.69 Å². The summed E-state index contributed by atoms with van der Waals surface area (Å²) in [6.07, 6.45) is 0.970. The first-order valence-corrected chi connectivity index (χ1v) is 6.40. The quantitative estimate of drug-likeness (QED) is 0.904. The molecular formula is C12H14FN3OS. The Morgan fingerprint density at radius 3 is 2.94 bits per heavy atom. The van der Waals surface area contributed by atoms with Crippen LogP contribution < -0.4 is 10.1 Å². The van der Waals surface area contributed by atoms with Crippen LogP contribution in [0.4, 0.5) is 10.2 Å². The van der Waals surface area contributed by atoms with E-state index in [1.165, 1.54) is 7.11 Å². The molecule has 4 nitrogen and oxygen atoms in total. The van der Waals surface area contributed by atoms with E-state index >= 15 is 0 Å². The molecule has 2 rings (SSSR count). The van der Waals surface area contributed by atoms with Gasteiger partial charge in [0.2, 0.25) is 0 Å². The molecule has 0 amide bonds. The summed E-state index contributed by atoms with van der Waals surface area (Å²) in [4.78, 5) is 0. The molecule has 0 aliphatic heterocycles. The molecule has 0 spiro atoms. The summed E-state index contributed by atoms with van der Waals surface area (Å²) in [5, 5.41) is 3.14. The number of hydrogen-bond acceptors (Lipinski definition) is 5. The molecule has 1 aromatic heterocycles. The Kier molecular flexibility index (Phi) is 4.09. The summed E-state index contributed by atoms with van der Waals surface area (Å²) >= 11 is 1.06. The fourth-order valence-electron chi connectivity index (χ4n) is 1.58. The Morgan fingerprint density at radius 1 is 1.39 bits per heavy atom. The summed E-state index contributed by atoms with van der Waals surface area (Å²) in [6.45, 7) is 2.84. The molecule has 18 heavy (non-hydrogen) atoms. The van der Waals surface area contributed by atoms with Crippen molar-refractivity contribution in [2.45, 2.75) is 13.3 Å². The van der Waals surface area contributed by atoms with Crippen LogP contribution in [0.5, 0.6) is 5.75 Å². The van der Waals surface area contributed by atoms with Crippen LogP contribution in [0.3, 0.4) is 0 Å². The van der Waals surface area contributed by atoms with Crippen molar-refractivity contribution < 1.29 is 9.13 Å². The van der Waals surface area contributed by atoms with Crippen molar-refractivity contribution in [2.24, 2.45) is 0 Å². The van der Waals surface area contributed by atoms with Crippen molar-refractivity contribution in [3.05, 3.63) is 24.0 Å². The molecule has 0 unspecified atom stereocenters. The number of halogens is 1. The number of rotatable bonds is 5. The van der Waals surface area contributed by atoms with Gasteiger partial charge < -0.3 is 10.1 Å². The molecule has 0 fully saturated rings. The summed E-state index contributed by atoms with van der Waals surface area (Å²) in [6, 6.07) is 4.99. The van der Waals surface area contributed by atoms with E-state index in [-0.39, 0.29) is 5.75 Å². The molecule has 0 atom stereocenters. The summed E-state index contributed by atoms with van der Waals surface area (Å²) in [7, 11) is 1.44. The van der Waals surface area contributed by atoms with Gasteiger partial charge in [-0.3, -0.25) is 0 Å². The van der Waals surface area contributed by atoms with Gasteiger partial charge in [0.25, 0.3) is 0 Å². The van der Waals surface area contributed by atoms with Gasteiger partial charge in [-0.05, 0) is 18.6 Å². The second-order valence-corrected chi connectivity index (χ2v) is 4.24. The van der Waals surface area contributed by atoms with E-state index in [0.29, 0.717) is 17.1 Å². The van der Waals surface area contributed by atoms with Crippen LogP contribution in [0.15, 0.2) is 18.2 Å². The Hall–Kier alpha value is -1.69. The van der Waals surface area contributed by atoms with Crippen molar-refractivity contribution >= 4 is 17.5 Å². The third-order valence-electron chi connectivity index (χ3n) is 2.47. The van der Waals surface area contributed by atoms with Gasteiger partial charge in [-0.1, -0.05) is 13.0 Å². The molecule has 0 saturated carbocycles. The van der Waals surface area contributed by atoms with Crippen molar-refractivity contribution in [3.8, 4) is 17.0 Å². The second-order valence-electron chi connectivity index (χ2n) is 3.71. The van der Waals surface area contributed by atoms with E-state index in [4.69, 9.17) is 4.74 Å². The van der Waals surface area contributed by atoms with Crippen molar-refractivity contribution in [2.75, 3.05) is 19.0 Å². The number of ether oxygens (including phenoxy) is 1. The minimum absolute atomic E-state index is 0.210. The maximum Gasteiger partial charge on any atom is 0.174 e. The van der Waals surface area contributed by atoms with Gasteiger partial charge in [0.15, 0.2) is 17.4 Å². The predicted octanol–water partition coefficient (Wildman–Crippen LogP) is 3.17. The number of nitrogens with zero attached hydrogens (tertiary/aromatic N) is 2. The van der Waals surface area contributed by atoms with Gasteiger partial charge in [-0.15, -0.1) is 0 Å². The zero-order chi connectivity index (χ0) is 13.0. The van der Waals surface area contributed by atoms with Crippen molar-refractivity contribution in [3.63, 3.8) is 0 Å². The van der Waals surface area contributed by atoms with E-state index < -0.39 is 5.82 Å². The molecule has 6 heteroatoms. The van der Waals surface area contributed by atoms with E-state index in [9.17, 15) is 4.39 Å². The molecule has 0 aliphatic rings. The lowest BCUT2D eigenvalue weighted by Crippen LogP contribution is -2.02. The molecule has 96 valence electrons. The Balaban J connectivity index is 2.39. The van der Waals surface area contributed by atoms with Gasteiger partial charge in [0, 0.05) is 12.1 Å². The van der Waals surface area contributed by atoms with E-state index in [1.54, 1.807) is 18.2 Å². The highest BCUT2D eigenvalue weighted by atomic mass is 32.1. The summed E-state index contributed by atoms with van der Waals surface area (Å²) in [5.74, 6) is 0.420. The van der Waals surface area contributed by atoms with E-state index in [0.717, 1.165) is 24.7 Å². The maximum absolute atomic E-state index is 14.1. The Labute approximate surface area is 109 Å². The largest absolute Gasteiger partial charge is 0.494 e.